The lowest BCUT2D eigenvalue weighted by Gasteiger charge is -2.12. The first kappa shape index (κ1) is 25.9. The summed E-state index contributed by atoms with van der Waals surface area (Å²) in [5.74, 6) is -1.19. The molecule has 1 atom stereocenters. The van der Waals surface area contributed by atoms with E-state index in [1.54, 1.807) is 73.8 Å². The number of esters is 1. The van der Waals surface area contributed by atoms with Gasteiger partial charge in [-0.15, -0.1) is 0 Å². The van der Waals surface area contributed by atoms with Gasteiger partial charge in [0.1, 0.15) is 11.8 Å². The minimum absolute atomic E-state index is 0.265. The number of hydrogen-bond acceptors (Lipinski definition) is 6. The Morgan fingerprint density at radius 3 is 2.17 bits per heavy atom. The first-order chi connectivity index (χ1) is 17.4. The predicted octanol–water partition coefficient (Wildman–Crippen LogP) is 3.89. The molecule has 0 heterocycles. The summed E-state index contributed by atoms with van der Waals surface area (Å²) in [6.45, 7) is 0.993. The Labute approximate surface area is 208 Å². The van der Waals surface area contributed by atoms with Crippen molar-refractivity contribution in [3.05, 3.63) is 102 Å². The fraction of sp³-hybridized carbons (Fsp3) is 0.143. The van der Waals surface area contributed by atoms with Gasteiger partial charge in [-0.3, -0.25) is 14.4 Å². The Bertz CT molecular complexity index is 1240. The van der Waals surface area contributed by atoms with E-state index in [1.165, 1.54) is 25.1 Å². The summed E-state index contributed by atoms with van der Waals surface area (Å²) in [4.78, 5) is 48.9. The first-order valence-corrected chi connectivity index (χ1v) is 11.1. The average Bonchev–Trinajstić information content (AvgIpc) is 2.91. The minimum Gasteiger partial charge on any atom is -0.497 e. The van der Waals surface area contributed by atoms with E-state index in [9.17, 15) is 19.2 Å². The van der Waals surface area contributed by atoms with E-state index in [1.807, 2.05) is 6.07 Å². The summed E-state index contributed by atoms with van der Waals surface area (Å²) in [5.41, 5.74) is 2.15. The Balaban J connectivity index is 1.44. The quantitative estimate of drug-likeness (QED) is 0.256. The molecular formula is C28H26N2O6. The molecule has 0 saturated heterocycles. The van der Waals surface area contributed by atoms with Gasteiger partial charge in [-0.25, -0.2) is 4.79 Å². The number of ketones is 1. The Morgan fingerprint density at radius 2 is 1.53 bits per heavy atom. The van der Waals surface area contributed by atoms with Crippen molar-refractivity contribution >= 4 is 35.3 Å². The number of anilines is 1. The van der Waals surface area contributed by atoms with E-state index < -0.39 is 30.3 Å². The number of amides is 2. The van der Waals surface area contributed by atoms with Gasteiger partial charge in [0.15, 0.2) is 12.4 Å². The van der Waals surface area contributed by atoms with Gasteiger partial charge in [0.05, 0.1) is 7.11 Å². The molecule has 3 rings (SSSR count). The van der Waals surface area contributed by atoms with Crippen LogP contribution in [-0.2, 0) is 14.3 Å². The molecule has 0 radical (unpaired) electrons. The van der Waals surface area contributed by atoms with Crippen molar-refractivity contribution in [3.63, 3.8) is 0 Å². The van der Waals surface area contributed by atoms with Crippen LogP contribution in [0.1, 0.15) is 33.2 Å². The van der Waals surface area contributed by atoms with Gasteiger partial charge in [-0.05, 0) is 67.1 Å². The number of methoxy groups -OCH3 is 1. The number of nitrogens with one attached hydrogen (secondary N) is 2. The molecule has 184 valence electrons. The number of carbonyl (C=O) groups excluding carboxylic acids is 4. The third-order valence-electron chi connectivity index (χ3n) is 5.10. The van der Waals surface area contributed by atoms with Crippen LogP contribution < -0.4 is 15.4 Å². The molecule has 0 spiro atoms. The molecule has 0 bridgehead atoms. The summed E-state index contributed by atoms with van der Waals surface area (Å²) in [6.07, 6.45) is 2.90. The van der Waals surface area contributed by atoms with Crippen LogP contribution in [0.5, 0.6) is 5.75 Å². The number of carbonyl (C=O) groups is 4. The number of hydrogen-bond donors (Lipinski definition) is 2. The van der Waals surface area contributed by atoms with E-state index in [4.69, 9.17) is 9.47 Å². The second-order valence-electron chi connectivity index (χ2n) is 7.77. The fourth-order valence-corrected chi connectivity index (χ4v) is 3.08. The van der Waals surface area contributed by atoms with Gasteiger partial charge >= 0.3 is 5.97 Å². The van der Waals surface area contributed by atoms with Crippen molar-refractivity contribution in [1.29, 1.82) is 0 Å². The van der Waals surface area contributed by atoms with Crippen LogP contribution in [0, 0.1) is 0 Å². The summed E-state index contributed by atoms with van der Waals surface area (Å²) in [7, 11) is 1.57. The normalized spacial score (nSPS) is 11.4. The standard InChI is InChI=1S/C28H26N2O6/c1-19(29-26(32)17-10-20-8-15-24(35-2)16-9-20)28(34)36-18-25(31)21-11-13-23(14-12-21)30-27(33)22-6-4-3-5-7-22/h3-17,19H,18H2,1-2H3,(H,29,32)(H,30,33)/t19-/m0/s1. The van der Waals surface area contributed by atoms with E-state index in [0.29, 0.717) is 22.6 Å². The SMILES string of the molecule is COc1ccc(C=CC(=O)N[C@@H](C)C(=O)OCC(=O)c2ccc(NC(=O)c3ccccc3)cc2)cc1. The molecule has 0 unspecified atom stereocenters. The third-order valence-corrected chi connectivity index (χ3v) is 5.10. The molecule has 3 aromatic rings. The lowest BCUT2D eigenvalue weighted by atomic mass is 10.1. The van der Waals surface area contributed by atoms with E-state index in [-0.39, 0.29) is 5.91 Å². The molecule has 0 aliphatic rings. The molecule has 0 aromatic heterocycles. The fourth-order valence-electron chi connectivity index (χ4n) is 3.08. The van der Waals surface area contributed by atoms with E-state index in [0.717, 1.165) is 5.56 Å². The van der Waals surface area contributed by atoms with Crippen molar-refractivity contribution in [2.45, 2.75) is 13.0 Å². The number of ether oxygens (including phenoxy) is 2. The maximum atomic E-state index is 12.4. The molecule has 8 nitrogen and oxygen atoms in total. The van der Waals surface area contributed by atoms with Gasteiger partial charge < -0.3 is 20.1 Å². The lowest BCUT2D eigenvalue weighted by molar-refractivity contribution is -0.145. The lowest BCUT2D eigenvalue weighted by Crippen LogP contribution is -2.39. The van der Waals surface area contributed by atoms with Crippen molar-refractivity contribution in [2.24, 2.45) is 0 Å². The molecule has 36 heavy (non-hydrogen) atoms. The van der Waals surface area contributed by atoms with Crippen LogP contribution in [-0.4, -0.2) is 43.3 Å². The number of benzene rings is 3. The Morgan fingerprint density at radius 1 is 0.861 bits per heavy atom. The van der Waals surface area contributed by atoms with Crippen molar-refractivity contribution in [2.75, 3.05) is 19.0 Å². The molecule has 0 aliphatic heterocycles. The molecule has 2 amide bonds. The van der Waals surface area contributed by atoms with Gasteiger partial charge in [0.25, 0.3) is 5.91 Å². The van der Waals surface area contributed by atoms with Gasteiger partial charge in [0, 0.05) is 22.9 Å². The smallest absolute Gasteiger partial charge is 0.328 e. The van der Waals surface area contributed by atoms with Crippen molar-refractivity contribution < 1.29 is 28.7 Å². The monoisotopic (exact) mass is 486 g/mol. The predicted molar refractivity (Wildman–Crippen MR) is 136 cm³/mol. The minimum atomic E-state index is -0.943. The maximum absolute atomic E-state index is 12.4. The highest BCUT2D eigenvalue weighted by Gasteiger charge is 2.18. The number of Topliss-reactive ketones (excluding diaryl/α,β-unsaturated/α-hetero) is 1. The van der Waals surface area contributed by atoms with Gasteiger partial charge in [-0.2, -0.15) is 0 Å². The maximum Gasteiger partial charge on any atom is 0.328 e. The van der Waals surface area contributed by atoms with Gasteiger partial charge in [-0.1, -0.05) is 30.3 Å². The highest BCUT2D eigenvalue weighted by molar-refractivity contribution is 6.04. The molecular weight excluding hydrogens is 460 g/mol. The van der Waals surface area contributed by atoms with Crippen LogP contribution >= 0.6 is 0 Å². The molecule has 3 aromatic carbocycles. The van der Waals surface area contributed by atoms with Crippen molar-refractivity contribution in [1.82, 2.24) is 5.32 Å². The molecule has 0 saturated carbocycles. The zero-order valence-corrected chi connectivity index (χ0v) is 19.9. The summed E-state index contributed by atoms with van der Waals surface area (Å²) in [5, 5.41) is 5.25. The summed E-state index contributed by atoms with van der Waals surface area (Å²) in [6, 6.07) is 21.2. The average molecular weight is 487 g/mol. The zero-order chi connectivity index (χ0) is 25.9. The van der Waals surface area contributed by atoms with E-state index >= 15 is 0 Å². The molecule has 8 heteroatoms. The molecule has 0 fully saturated rings. The van der Waals surface area contributed by atoms with Crippen LogP contribution in [0.25, 0.3) is 6.08 Å². The topological polar surface area (TPSA) is 111 Å². The molecule has 2 N–H and O–H groups in total. The van der Waals surface area contributed by atoms with E-state index in [2.05, 4.69) is 10.6 Å². The number of rotatable bonds is 10. The van der Waals surface area contributed by atoms with Gasteiger partial charge in [0.2, 0.25) is 5.91 Å². The second kappa shape index (κ2) is 12.7. The highest BCUT2D eigenvalue weighted by Crippen LogP contribution is 2.13. The van der Waals surface area contributed by atoms with Crippen LogP contribution in [0.3, 0.4) is 0 Å². The van der Waals surface area contributed by atoms with Crippen LogP contribution in [0.2, 0.25) is 0 Å². The Kier molecular flexibility index (Phi) is 9.11. The van der Waals surface area contributed by atoms with Crippen LogP contribution in [0.4, 0.5) is 5.69 Å². The Hall–Kier alpha value is -4.72. The van der Waals surface area contributed by atoms with Crippen molar-refractivity contribution in [3.8, 4) is 5.75 Å². The largest absolute Gasteiger partial charge is 0.497 e. The van der Waals surface area contributed by atoms with Crippen LogP contribution in [0.15, 0.2) is 84.9 Å². The first-order valence-electron chi connectivity index (χ1n) is 11.1. The molecule has 0 aliphatic carbocycles. The summed E-state index contributed by atoms with van der Waals surface area (Å²) >= 11 is 0. The highest BCUT2D eigenvalue weighted by atomic mass is 16.5. The second-order valence-corrected chi connectivity index (χ2v) is 7.77. The third kappa shape index (κ3) is 7.66. The summed E-state index contributed by atoms with van der Waals surface area (Å²) < 4.78 is 10.1. The zero-order valence-electron chi connectivity index (χ0n) is 19.9.